The lowest BCUT2D eigenvalue weighted by Crippen LogP contribution is -2.19. The van der Waals surface area contributed by atoms with Crippen LogP contribution in [0.5, 0.6) is 5.75 Å². The van der Waals surface area contributed by atoms with Gasteiger partial charge in [0.1, 0.15) is 0 Å². The van der Waals surface area contributed by atoms with Crippen molar-refractivity contribution >= 4 is 0 Å². The average Bonchev–Trinajstić information content (AvgIpc) is 2.21. The normalized spacial score (nSPS) is 12.5. The summed E-state index contributed by atoms with van der Waals surface area (Å²) in [5, 5.41) is 0. The van der Waals surface area contributed by atoms with Gasteiger partial charge in [0.25, 0.3) is 0 Å². The Hall–Kier alpha value is -1.13. The zero-order valence-electron chi connectivity index (χ0n) is 9.70. The molecule has 1 rings (SSSR count). The second-order valence-electron chi connectivity index (χ2n) is 3.66. The lowest BCUT2D eigenvalue weighted by molar-refractivity contribution is 0.0195. The summed E-state index contributed by atoms with van der Waals surface area (Å²) in [6, 6.07) is 4.80. The molecule has 0 heterocycles. The Morgan fingerprint density at radius 3 is 2.81 bits per heavy atom. The van der Waals surface area contributed by atoms with Crippen LogP contribution < -0.4 is 10.5 Å². The van der Waals surface area contributed by atoms with Gasteiger partial charge in [-0.15, -0.1) is 0 Å². The number of nitrogens with two attached hydrogens (primary N) is 1. The summed E-state index contributed by atoms with van der Waals surface area (Å²) < 4.78 is 23.8. The first-order valence-electron chi connectivity index (χ1n) is 5.38. The fourth-order valence-electron chi connectivity index (χ4n) is 1.41. The Morgan fingerprint density at radius 2 is 2.19 bits per heavy atom. The van der Waals surface area contributed by atoms with Crippen molar-refractivity contribution in [3.8, 4) is 5.75 Å². The maximum Gasteiger partial charge on any atom is 0.189 e. The van der Waals surface area contributed by atoms with Crippen molar-refractivity contribution in [1.82, 2.24) is 0 Å². The highest BCUT2D eigenvalue weighted by Gasteiger charge is 2.11. The van der Waals surface area contributed by atoms with Gasteiger partial charge in [-0.2, -0.15) is 0 Å². The van der Waals surface area contributed by atoms with Crippen molar-refractivity contribution in [2.75, 3.05) is 13.4 Å². The zero-order chi connectivity index (χ0) is 12.0. The molecule has 0 saturated heterocycles. The van der Waals surface area contributed by atoms with Crippen LogP contribution >= 0.6 is 0 Å². The number of hydrogen-bond acceptors (Lipinski definition) is 3. The van der Waals surface area contributed by atoms with Crippen LogP contribution in [-0.2, 0) is 11.2 Å². The fraction of sp³-hybridized carbons (Fsp3) is 0.500. The summed E-state index contributed by atoms with van der Waals surface area (Å²) in [4.78, 5) is 0. The molecule has 0 fully saturated rings. The van der Waals surface area contributed by atoms with Gasteiger partial charge in [-0.3, -0.25) is 0 Å². The lowest BCUT2D eigenvalue weighted by atomic mass is 10.1. The van der Waals surface area contributed by atoms with Gasteiger partial charge in [0.15, 0.2) is 18.4 Å². The maximum atomic E-state index is 13.5. The SMILES string of the molecule is CCOCOc1c(F)cccc1CC(C)N. The van der Waals surface area contributed by atoms with Crippen molar-refractivity contribution in [3.63, 3.8) is 0 Å². The topological polar surface area (TPSA) is 44.5 Å². The lowest BCUT2D eigenvalue weighted by Gasteiger charge is -2.13. The molecular formula is C12H18FNO2. The maximum absolute atomic E-state index is 13.5. The molecule has 3 nitrogen and oxygen atoms in total. The molecular weight excluding hydrogens is 209 g/mol. The number of benzene rings is 1. The minimum atomic E-state index is -0.377. The monoisotopic (exact) mass is 227 g/mol. The highest BCUT2D eigenvalue weighted by atomic mass is 19.1. The van der Waals surface area contributed by atoms with Crippen molar-refractivity contribution in [2.24, 2.45) is 5.73 Å². The molecule has 0 spiro atoms. The largest absolute Gasteiger partial charge is 0.464 e. The Bertz CT molecular complexity index is 329. The Kier molecular flexibility index (Phi) is 5.22. The van der Waals surface area contributed by atoms with Gasteiger partial charge in [-0.1, -0.05) is 12.1 Å². The molecule has 0 bridgehead atoms. The van der Waals surface area contributed by atoms with E-state index in [4.69, 9.17) is 15.2 Å². The van der Waals surface area contributed by atoms with Crippen LogP contribution in [-0.4, -0.2) is 19.4 Å². The quantitative estimate of drug-likeness (QED) is 0.598. The van der Waals surface area contributed by atoms with Crippen LogP contribution in [0.3, 0.4) is 0 Å². The summed E-state index contributed by atoms with van der Waals surface area (Å²) in [5.41, 5.74) is 6.46. The van der Waals surface area contributed by atoms with Crippen LogP contribution in [0, 0.1) is 5.82 Å². The molecule has 0 aromatic heterocycles. The van der Waals surface area contributed by atoms with Gasteiger partial charge in [0.05, 0.1) is 0 Å². The second-order valence-corrected chi connectivity index (χ2v) is 3.66. The van der Waals surface area contributed by atoms with Crippen molar-refractivity contribution in [1.29, 1.82) is 0 Å². The molecule has 4 heteroatoms. The molecule has 1 atom stereocenters. The first-order valence-corrected chi connectivity index (χ1v) is 5.38. The predicted molar refractivity (Wildman–Crippen MR) is 60.9 cm³/mol. The van der Waals surface area contributed by atoms with Gasteiger partial charge < -0.3 is 15.2 Å². The van der Waals surface area contributed by atoms with Crippen LogP contribution in [0.1, 0.15) is 19.4 Å². The minimum absolute atomic E-state index is 0.0313. The van der Waals surface area contributed by atoms with E-state index < -0.39 is 0 Å². The fourth-order valence-corrected chi connectivity index (χ4v) is 1.41. The average molecular weight is 227 g/mol. The molecule has 0 aliphatic heterocycles. The molecule has 2 N–H and O–H groups in total. The summed E-state index contributed by atoms with van der Waals surface area (Å²) in [5.74, 6) is -0.133. The smallest absolute Gasteiger partial charge is 0.189 e. The van der Waals surface area contributed by atoms with E-state index in [0.717, 1.165) is 5.56 Å². The Labute approximate surface area is 95.4 Å². The molecule has 1 aromatic carbocycles. The summed E-state index contributed by atoms with van der Waals surface area (Å²) in [6.45, 7) is 4.32. The zero-order valence-corrected chi connectivity index (χ0v) is 9.70. The molecule has 0 amide bonds. The number of halogens is 1. The molecule has 1 aromatic rings. The Morgan fingerprint density at radius 1 is 1.44 bits per heavy atom. The number of rotatable bonds is 6. The number of para-hydroxylation sites is 1. The van der Waals surface area contributed by atoms with E-state index in [9.17, 15) is 4.39 Å². The molecule has 1 unspecified atom stereocenters. The molecule has 0 aliphatic rings. The third-order valence-electron chi connectivity index (χ3n) is 2.08. The summed E-state index contributed by atoms with van der Waals surface area (Å²) in [7, 11) is 0. The highest BCUT2D eigenvalue weighted by molar-refractivity contribution is 5.35. The summed E-state index contributed by atoms with van der Waals surface area (Å²) >= 11 is 0. The highest BCUT2D eigenvalue weighted by Crippen LogP contribution is 2.23. The molecule has 90 valence electrons. The van der Waals surface area contributed by atoms with Gasteiger partial charge >= 0.3 is 0 Å². The van der Waals surface area contributed by atoms with Gasteiger partial charge in [0, 0.05) is 12.6 Å². The minimum Gasteiger partial charge on any atom is -0.464 e. The predicted octanol–water partition coefficient (Wildman–Crippen LogP) is 2.09. The third-order valence-corrected chi connectivity index (χ3v) is 2.08. The van der Waals surface area contributed by atoms with E-state index in [0.29, 0.717) is 13.0 Å². The molecule has 0 saturated carbocycles. The van der Waals surface area contributed by atoms with Crippen LogP contribution in [0.4, 0.5) is 4.39 Å². The Balaban J connectivity index is 2.77. The molecule has 0 aliphatic carbocycles. The summed E-state index contributed by atoms with van der Waals surface area (Å²) in [6.07, 6.45) is 0.583. The van der Waals surface area contributed by atoms with Crippen molar-refractivity contribution in [2.45, 2.75) is 26.3 Å². The van der Waals surface area contributed by atoms with Crippen LogP contribution in [0.2, 0.25) is 0 Å². The standard InChI is InChI=1S/C12H18FNO2/c1-3-15-8-16-12-10(7-9(2)14)5-4-6-11(12)13/h4-6,9H,3,7-8,14H2,1-2H3. The van der Waals surface area contributed by atoms with E-state index in [1.165, 1.54) is 6.07 Å². The van der Waals surface area contributed by atoms with Crippen LogP contribution in [0.15, 0.2) is 18.2 Å². The van der Waals surface area contributed by atoms with Crippen LogP contribution in [0.25, 0.3) is 0 Å². The van der Waals surface area contributed by atoms with Gasteiger partial charge in [-0.25, -0.2) is 4.39 Å². The molecule has 0 radical (unpaired) electrons. The van der Waals surface area contributed by atoms with E-state index >= 15 is 0 Å². The second kappa shape index (κ2) is 6.45. The van der Waals surface area contributed by atoms with Crippen molar-refractivity contribution in [3.05, 3.63) is 29.6 Å². The number of hydrogen-bond donors (Lipinski definition) is 1. The van der Waals surface area contributed by atoms with Gasteiger partial charge in [-0.05, 0) is 31.9 Å². The number of ether oxygens (including phenoxy) is 2. The third kappa shape index (κ3) is 3.79. The van der Waals surface area contributed by atoms with E-state index in [1.54, 1.807) is 6.07 Å². The first kappa shape index (κ1) is 12.9. The van der Waals surface area contributed by atoms with E-state index in [-0.39, 0.29) is 24.4 Å². The van der Waals surface area contributed by atoms with E-state index in [2.05, 4.69) is 0 Å². The molecule has 16 heavy (non-hydrogen) atoms. The van der Waals surface area contributed by atoms with E-state index in [1.807, 2.05) is 19.9 Å². The van der Waals surface area contributed by atoms with Gasteiger partial charge in [0.2, 0.25) is 0 Å². The first-order chi connectivity index (χ1) is 7.65. The van der Waals surface area contributed by atoms with Crippen molar-refractivity contribution < 1.29 is 13.9 Å².